The Bertz CT molecular complexity index is 1210. The van der Waals surface area contributed by atoms with Crippen molar-refractivity contribution in [3.05, 3.63) is 12.7 Å². The Labute approximate surface area is 221 Å². The normalized spacial score (nSPS) is 33.6. The van der Waals surface area contributed by atoms with Crippen LogP contribution in [0.15, 0.2) is 12.7 Å². The number of fused-ring (bicyclic) bond motifs is 1. The van der Waals surface area contributed by atoms with Crippen LogP contribution in [0.2, 0.25) is 0 Å². The van der Waals surface area contributed by atoms with Crippen molar-refractivity contribution >= 4 is 62.3 Å². The van der Waals surface area contributed by atoms with E-state index in [-0.39, 0.29) is 23.6 Å². The Hall–Kier alpha value is -1.51. The number of hydrogen-bond donors (Lipinski definition) is 4. The molecule has 14 nitrogen and oxygen atoms in total. The number of nitrogens with two attached hydrogens (primary N) is 1. The van der Waals surface area contributed by atoms with E-state index in [1.165, 1.54) is 17.2 Å². The van der Waals surface area contributed by atoms with Gasteiger partial charge in [-0.1, -0.05) is 5.92 Å². The van der Waals surface area contributed by atoms with E-state index in [1.54, 1.807) is 0 Å². The van der Waals surface area contributed by atoms with E-state index in [1.807, 2.05) is 0 Å². The summed E-state index contributed by atoms with van der Waals surface area (Å²) in [5.74, 6) is 2.39. The monoisotopic (exact) mass is 597 g/mol. The van der Waals surface area contributed by atoms with Gasteiger partial charge in [0.15, 0.2) is 39.0 Å². The average Bonchev–Trinajstić information content (AvgIpc) is 3.52. The van der Waals surface area contributed by atoms with Gasteiger partial charge < -0.3 is 43.9 Å². The zero-order valence-electron chi connectivity index (χ0n) is 18.6. The van der Waals surface area contributed by atoms with Gasteiger partial charge in [0.25, 0.3) is 0 Å². The highest BCUT2D eigenvalue weighted by molar-refractivity contribution is 8.07. The zero-order chi connectivity index (χ0) is 26.7. The van der Waals surface area contributed by atoms with Crippen molar-refractivity contribution in [3.63, 3.8) is 0 Å². The van der Waals surface area contributed by atoms with Gasteiger partial charge in [0.05, 0.1) is 19.5 Å². The molecule has 0 bridgehead atoms. The number of rotatable bonds is 11. The number of hydrogen-bond acceptors (Lipinski definition) is 14. The molecule has 0 radical (unpaired) electrons. The molecule has 0 amide bonds. The molecule has 2 fully saturated rings. The Balaban J connectivity index is 1.45. The van der Waals surface area contributed by atoms with E-state index in [2.05, 4.69) is 20.9 Å². The molecule has 2 aromatic heterocycles. The van der Waals surface area contributed by atoms with Crippen LogP contribution in [0, 0.1) is 12.3 Å². The summed E-state index contributed by atoms with van der Waals surface area (Å²) in [6.07, 6.45) is -2.04. The van der Waals surface area contributed by atoms with E-state index in [0.29, 0.717) is 0 Å². The van der Waals surface area contributed by atoms with Crippen LogP contribution >= 0.6 is 28.0 Å². The van der Waals surface area contributed by atoms with Gasteiger partial charge in [-0.05, 0) is 24.0 Å². The summed E-state index contributed by atoms with van der Waals surface area (Å²) in [4.78, 5) is 31.5. The van der Waals surface area contributed by atoms with Gasteiger partial charge in [0.2, 0.25) is 0 Å². The molecule has 2 unspecified atom stereocenters. The summed E-state index contributed by atoms with van der Waals surface area (Å²) in [6.45, 7) is -4.71. The van der Waals surface area contributed by atoms with Gasteiger partial charge in [-0.25, -0.2) is 19.3 Å². The molecule has 4 rings (SSSR count). The maximum Gasteiger partial charge on any atom is 0.325 e. The molecule has 0 spiro atoms. The molecule has 5 N–H and O–H groups in total. The Morgan fingerprint density at radius 3 is 2.78 bits per heavy atom. The van der Waals surface area contributed by atoms with Gasteiger partial charge in [-0.15, -0.1) is 6.42 Å². The van der Waals surface area contributed by atoms with Crippen LogP contribution in [0.25, 0.3) is 11.2 Å². The minimum Gasteiger partial charge on any atom is -0.481 e. The molecule has 2 saturated heterocycles. The molecule has 0 aromatic carbocycles. The van der Waals surface area contributed by atoms with Gasteiger partial charge in [0.1, 0.15) is 47.9 Å². The van der Waals surface area contributed by atoms with Crippen LogP contribution in [0.1, 0.15) is 6.23 Å². The first-order valence-corrected chi connectivity index (χ1v) is 14.4. The second-order valence-electron chi connectivity index (χ2n) is 7.78. The first kappa shape index (κ1) is 28.5. The summed E-state index contributed by atoms with van der Waals surface area (Å²) < 4.78 is 48.9. The molecular formula is C18H22FN5O9P2S2. The first-order chi connectivity index (χ1) is 17.7. The topological polar surface area (TPSA) is 186 Å². The van der Waals surface area contributed by atoms with Gasteiger partial charge >= 0.3 is 6.72 Å². The highest BCUT2D eigenvalue weighted by Crippen LogP contribution is 2.49. The fraction of sp³-hybridized carbons (Fsp3) is 0.556. The summed E-state index contributed by atoms with van der Waals surface area (Å²) in [6, 6.07) is 0. The lowest BCUT2D eigenvalue weighted by molar-refractivity contribution is -0.0447. The van der Waals surface area contributed by atoms with Crippen LogP contribution in [-0.4, -0.2) is 96.0 Å². The number of aromatic nitrogens is 4. The van der Waals surface area contributed by atoms with Crippen molar-refractivity contribution in [1.82, 2.24) is 19.5 Å². The molecule has 4 heterocycles. The number of aliphatic hydroxyl groups excluding tert-OH is 1. The minimum atomic E-state index is -4.07. The first-order valence-electron chi connectivity index (χ1n) is 10.5. The van der Waals surface area contributed by atoms with E-state index in [4.69, 9.17) is 68.9 Å². The molecular weight excluding hydrogens is 575 g/mol. The van der Waals surface area contributed by atoms with E-state index >= 15 is 4.39 Å². The number of anilines is 1. The smallest absolute Gasteiger partial charge is 0.325 e. The van der Waals surface area contributed by atoms with Crippen LogP contribution in [0.4, 0.5) is 10.2 Å². The van der Waals surface area contributed by atoms with E-state index in [0.717, 1.165) is 5.55 Å². The number of nitrogen functional groups attached to an aromatic ring is 1. The van der Waals surface area contributed by atoms with Crippen LogP contribution in [-0.2, 0) is 39.6 Å². The van der Waals surface area contributed by atoms with Crippen molar-refractivity contribution in [3.8, 4) is 12.3 Å². The molecule has 2 aliphatic rings. The number of thiocarbonyl (C=S) groups is 1. The molecule has 10 atom stereocenters. The van der Waals surface area contributed by atoms with E-state index < -0.39 is 71.4 Å². The third-order valence-electron chi connectivity index (χ3n) is 5.61. The second-order valence-corrected chi connectivity index (χ2v) is 11.2. The summed E-state index contributed by atoms with van der Waals surface area (Å²) in [5, 5.41) is 10.5. The Morgan fingerprint density at radius 2 is 2.08 bits per heavy atom. The highest BCUT2D eigenvalue weighted by atomic mass is 32.5. The van der Waals surface area contributed by atoms with Crippen molar-refractivity contribution in [2.75, 3.05) is 18.9 Å². The molecule has 2 aliphatic heterocycles. The lowest BCUT2D eigenvalue weighted by atomic mass is 10.1. The number of nitrogens with zero attached hydrogens (tertiary/aromatic N) is 4. The van der Waals surface area contributed by atoms with Gasteiger partial charge in [-0.2, -0.15) is 0 Å². The van der Waals surface area contributed by atoms with Crippen molar-refractivity contribution in [1.29, 1.82) is 0 Å². The Morgan fingerprint density at radius 1 is 1.30 bits per heavy atom. The SMILES string of the molecule is C#C[C@@H]1O[C@H](COPO)[C@@H](O)[C@H]1OP(O)(=S)OC[C@H]1O[C@@H](n2cnc3c(N)ncnc32)[C@H](F)[C@@H]1OC=S. The number of imidazole rings is 1. The van der Waals surface area contributed by atoms with Gasteiger partial charge in [0, 0.05) is 0 Å². The third kappa shape index (κ3) is 6.06. The van der Waals surface area contributed by atoms with Crippen molar-refractivity contribution in [2.24, 2.45) is 0 Å². The lowest BCUT2D eigenvalue weighted by Crippen LogP contribution is -2.36. The molecule has 37 heavy (non-hydrogen) atoms. The largest absolute Gasteiger partial charge is 0.481 e. The summed E-state index contributed by atoms with van der Waals surface area (Å²) in [5.41, 5.74) is 7.17. The molecule has 0 saturated carbocycles. The van der Waals surface area contributed by atoms with Crippen molar-refractivity contribution in [2.45, 2.75) is 49.0 Å². The number of alkyl halides is 1. The van der Waals surface area contributed by atoms with Crippen LogP contribution in [0.3, 0.4) is 0 Å². The highest BCUT2D eigenvalue weighted by Gasteiger charge is 2.50. The maximum absolute atomic E-state index is 15.4. The van der Waals surface area contributed by atoms with Crippen LogP contribution in [0.5, 0.6) is 0 Å². The third-order valence-corrected chi connectivity index (χ3v) is 7.58. The number of aliphatic hydroxyl groups is 1. The fourth-order valence-corrected chi connectivity index (χ4v) is 5.72. The summed E-state index contributed by atoms with van der Waals surface area (Å²) >= 11 is 9.79. The lowest BCUT2D eigenvalue weighted by Gasteiger charge is -2.25. The van der Waals surface area contributed by atoms with Crippen LogP contribution < -0.4 is 5.73 Å². The van der Waals surface area contributed by atoms with Crippen molar-refractivity contribution < 1.29 is 47.1 Å². The maximum atomic E-state index is 15.4. The van der Waals surface area contributed by atoms with Gasteiger partial charge in [-0.3, -0.25) is 9.09 Å². The quantitative estimate of drug-likeness (QED) is 0.153. The molecule has 202 valence electrons. The van der Waals surface area contributed by atoms with E-state index in [9.17, 15) is 10.00 Å². The Kier molecular flexibility index (Phi) is 9.34. The minimum absolute atomic E-state index is 0.107. The molecule has 19 heteroatoms. The second kappa shape index (κ2) is 12.1. The molecule has 2 aromatic rings. The fourth-order valence-electron chi connectivity index (χ4n) is 3.93. The predicted octanol–water partition coefficient (Wildman–Crippen LogP) is -0.116. The summed E-state index contributed by atoms with van der Waals surface area (Å²) in [7, 11) is -0.827. The number of terminal acetylenes is 1. The average molecular weight is 597 g/mol. The zero-order valence-corrected chi connectivity index (χ0v) is 22.2. The number of halogens is 1. The standard InChI is InChI=1S/C18H22FN5O9P2S2/c1-2-8-15(13(25)9(31-8)3-29-34-26)33-35(27,37)30-4-10-14(28-7-36)11(19)18(32-10)24-6-23-12-16(20)21-5-22-17(12)24/h1,5-11,13-15,18,25-26,34H,3-4H2,(H,27,37)(H2,20,21,22)/t8-,9+,10+,11+,13+,14+,15-,18+,35?/m0/s1. The predicted molar refractivity (Wildman–Crippen MR) is 134 cm³/mol. The number of ether oxygens (including phenoxy) is 3. The molecule has 0 aliphatic carbocycles.